The van der Waals surface area contributed by atoms with Crippen LogP contribution in [-0.2, 0) is 0 Å². The maximum Gasteiger partial charge on any atom is 0.0571 e. The molecule has 0 amide bonds. The van der Waals surface area contributed by atoms with E-state index in [-0.39, 0.29) is 7.43 Å². The fraction of sp³-hybridized carbons (Fsp3) is 0.579. The molecule has 2 aliphatic carbocycles. The van der Waals surface area contributed by atoms with E-state index in [1.807, 2.05) is 5.01 Å². The molecule has 0 unspecified atom stereocenters. The van der Waals surface area contributed by atoms with Crippen LogP contribution in [0.2, 0.25) is 0 Å². The first kappa shape index (κ1) is 17.8. The summed E-state index contributed by atoms with van der Waals surface area (Å²) in [6.45, 7) is 8.62. The highest BCUT2D eigenvalue weighted by Gasteiger charge is 2.19. The average Bonchev–Trinajstić information content (AvgIpc) is 2.50. The first-order valence-electron chi connectivity index (χ1n) is 7.93. The van der Waals surface area contributed by atoms with E-state index in [2.05, 4.69) is 32.6 Å². The highest BCUT2D eigenvalue weighted by Crippen LogP contribution is 2.34. The minimum Gasteiger partial charge on any atom is -0.284 e. The summed E-state index contributed by atoms with van der Waals surface area (Å²) in [7, 11) is 0. The quantitative estimate of drug-likeness (QED) is 0.414. The molecule has 0 aromatic heterocycles. The van der Waals surface area contributed by atoms with Crippen molar-refractivity contribution < 1.29 is 0 Å². The molecular formula is C19H32N2. The van der Waals surface area contributed by atoms with Crippen LogP contribution >= 0.6 is 0 Å². The number of rotatable bonds is 4. The second-order valence-electron chi connectivity index (χ2n) is 5.93. The Balaban J connectivity index is 0.00000220. The molecule has 0 radical (unpaired) electrons. The molecule has 0 aliphatic heterocycles. The van der Waals surface area contributed by atoms with Crippen molar-refractivity contribution in [2.45, 2.75) is 72.6 Å². The third-order valence-corrected chi connectivity index (χ3v) is 4.54. The molecule has 21 heavy (non-hydrogen) atoms. The van der Waals surface area contributed by atoms with Crippen molar-refractivity contribution in [1.82, 2.24) is 5.01 Å². The monoisotopic (exact) mass is 288 g/mol. The molecule has 2 nitrogen and oxygen atoms in total. The van der Waals surface area contributed by atoms with Crippen molar-refractivity contribution in [3.8, 4) is 0 Å². The van der Waals surface area contributed by atoms with Gasteiger partial charge >= 0.3 is 0 Å². The summed E-state index contributed by atoms with van der Waals surface area (Å²) in [5.41, 5.74) is 6.41. The second-order valence-corrected chi connectivity index (χ2v) is 5.93. The fourth-order valence-electron chi connectivity index (χ4n) is 3.28. The van der Waals surface area contributed by atoms with E-state index in [1.54, 1.807) is 0 Å². The predicted molar refractivity (Wildman–Crippen MR) is 93.4 cm³/mol. The van der Waals surface area contributed by atoms with Gasteiger partial charge in [-0.2, -0.15) is 0 Å². The molecule has 2 aliphatic rings. The summed E-state index contributed by atoms with van der Waals surface area (Å²) in [5.74, 6) is 6.32. The number of hydrazine groups is 1. The van der Waals surface area contributed by atoms with Gasteiger partial charge in [-0.25, -0.2) is 5.84 Å². The minimum absolute atomic E-state index is 0. The maximum atomic E-state index is 6.32. The number of hydrogen-bond acceptors (Lipinski definition) is 2. The van der Waals surface area contributed by atoms with E-state index < -0.39 is 0 Å². The molecular weight excluding hydrogens is 256 g/mol. The highest BCUT2D eigenvalue weighted by atomic mass is 15.4. The predicted octanol–water partition coefficient (Wildman–Crippen LogP) is 5.61. The van der Waals surface area contributed by atoms with Gasteiger partial charge in [-0.15, -0.1) is 0 Å². The SMILES string of the molecule is C.C=C(/C(=C/C)C1=C(C)CCCC1)N(N)C1=CCCCC1. The van der Waals surface area contributed by atoms with Crippen LogP contribution in [0.4, 0.5) is 0 Å². The van der Waals surface area contributed by atoms with Gasteiger partial charge in [-0.3, -0.25) is 5.01 Å². The molecule has 0 saturated heterocycles. The van der Waals surface area contributed by atoms with E-state index in [4.69, 9.17) is 5.84 Å². The molecule has 2 N–H and O–H groups in total. The lowest BCUT2D eigenvalue weighted by atomic mass is 9.86. The van der Waals surface area contributed by atoms with Gasteiger partial charge in [-0.05, 0) is 76.4 Å². The Morgan fingerprint density at radius 3 is 2.43 bits per heavy atom. The van der Waals surface area contributed by atoms with Crippen molar-refractivity contribution in [3.05, 3.63) is 46.8 Å². The van der Waals surface area contributed by atoms with Gasteiger partial charge in [0.15, 0.2) is 0 Å². The summed E-state index contributed by atoms with van der Waals surface area (Å²) in [6.07, 6.45) is 14.2. The third-order valence-electron chi connectivity index (χ3n) is 4.54. The van der Waals surface area contributed by atoms with Crippen LogP contribution in [0.25, 0.3) is 0 Å². The molecule has 0 saturated carbocycles. The van der Waals surface area contributed by atoms with E-state index in [9.17, 15) is 0 Å². The molecule has 2 heteroatoms. The Kier molecular flexibility index (Phi) is 6.97. The first-order valence-corrected chi connectivity index (χ1v) is 7.93. The van der Waals surface area contributed by atoms with Gasteiger partial charge in [0, 0.05) is 5.70 Å². The Bertz CT molecular complexity index is 466. The summed E-state index contributed by atoms with van der Waals surface area (Å²) >= 11 is 0. The van der Waals surface area contributed by atoms with Crippen LogP contribution < -0.4 is 5.84 Å². The Hall–Kier alpha value is -1.28. The molecule has 0 aromatic rings. The third kappa shape index (κ3) is 4.10. The molecule has 0 spiro atoms. The fourth-order valence-corrected chi connectivity index (χ4v) is 3.28. The second kappa shape index (κ2) is 8.23. The van der Waals surface area contributed by atoms with E-state index in [1.165, 1.54) is 54.5 Å². The van der Waals surface area contributed by atoms with Crippen LogP contribution in [0.1, 0.15) is 72.6 Å². The van der Waals surface area contributed by atoms with Crippen molar-refractivity contribution in [1.29, 1.82) is 0 Å². The zero-order valence-electron chi connectivity index (χ0n) is 13.0. The smallest absolute Gasteiger partial charge is 0.0571 e. The van der Waals surface area contributed by atoms with Crippen LogP contribution in [0.5, 0.6) is 0 Å². The van der Waals surface area contributed by atoms with E-state index in [0.29, 0.717) is 0 Å². The largest absolute Gasteiger partial charge is 0.284 e. The standard InChI is InChI=1S/C18H28N2.CH4/c1-4-17(18-13-9-8-10-14(18)2)15(3)20(19)16-11-6-5-7-12-16;/h4,11H,3,5-10,12-13,19H2,1-2H3;1H4/b17-4-;. The number of hydrogen-bond donors (Lipinski definition) is 1. The van der Waals surface area contributed by atoms with Crippen molar-refractivity contribution in [2.24, 2.45) is 5.84 Å². The van der Waals surface area contributed by atoms with E-state index >= 15 is 0 Å². The molecule has 0 fully saturated rings. The molecule has 0 bridgehead atoms. The normalized spacial score (nSPS) is 19.8. The van der Waals surface area contributed by atoms with Gasteiger partial charge in [0.05, 0.1) is 5.70 Å². The van der Waals surface area contributed by atoms with Crippen LogP contribution in [0, 0.1) is 0 Å². The molecule has 0 heterocycles. The first-order chi connectivity index (χ1) is 9.65. The van der Waals surface area contributed by atoms with Crippen LogP contribution in [-0.4, -0.2) is 5.01 Å². The van der Waals surface area contributed by atoms with Gasteiger partial charge in [-0.1, -0.05) is 31.7 Å². The van der Waals surface area contributed by atoms with Crippen molar-refractivity contribution >= 4 is 0 Å². The van der Waals surface area contributed by atoms with Gasteiger partial charge in [0.2, 0.25) is 0 Å². The average molecular weight is 288 g/mol. The lowest BCUT2D eigenvalue weighted by molar-refractivity contribution is 0.419. The lowest BCUT2D eigenvalue weighted by Crippen LogP contribution is -2.31. The molecule has 2 rings (SSSR count). The van der Waals surface area contributed by atoms with E-state index in [0.717, 1.165) is 25.0 Å². The number of nitrogens with two attached hydrogens (primary N) is 1. The number of allylic oxidation sites excluding steroid dienone is 5. The Morgan fingerprint density at radius 2 is 1.86 bits per heavy atom. The Morgan fingerprint density at radius 1 is 1.19 bits per heavy atom. The summed E-state index contributed by atoms with van der Waals surface area (Å²) in [6, 6.07) is 0. The van der Waals surface area contributed by atoms with Gasteiger partial charge < -0.3 is 0 Å². The maximum absolute atomic E-state index is 6.32. The lowest BCUT2D eigenvalue weighted by Gasteiger charge is -2.30. The van der Waals surface area contributed by atoms with Crippen molar-refractivity contribution in [3.63, 3.8) is 0 Å². The summed E-state index contributed by atoms with van der Waals surface area (Å²) in [5, 5.41) is 1.82. The Labute approximate surface area is 131 Å². The highest BCUT2D eigenvalue weighted by molar-refractivity contribution is 5.48. The number of nitrogens with zero attached hydrogens (tertiary/aromatic N) is 1. The van der Waals surface area contributed by atoms with Gasteiger partial charge in [0.1, 0.15) is 0 Å². The summed E-state index contributed by atoms with van der Waals surface area (Å²) < 4.78 is 0. The van der Waals surface area contributed by atoms with Crippen LogP contribution in [0.15, 0.2) is 46.8 Å². The zero-order chi connectivity index (χ0) is 14.5. The molecule has 0 aromatic carbocycles. The molecule has 0 atom stereocenters. The van der Waals surface area contributed by atoms with Crippen LogP contribution in [0.3, 0.4) is 0 Å². The topological polar surface area (TPSA) is 29.3 Å². The zero-order valence-corrected chi connectivity index (χ0v) is 13.0. The minimum atomic E-state index is 0. The summed E-state index contributed by atoms with van der Waals surface area (Å²) in [4.78, 5) is 0. The van der Waals surface area contributed by atoms with Crippen molar-refractivity contribution in [2.75, 3.05) is 0 Å². The van der Waals surface area contributed by atoms with Gasteiger partial charge in [0.25, 0.3) is 0 Å². The molecule has 118 valence electrons.